The van der Waals surface area contributed by atoms with Gasteiger partial charge in [-0.3, -0.25) is 4.79 Å². The van der Waals surface area contributed by atoms with Gasteiger partial charge in [0.15, 0.2) is 17.3 Å². The second-order valence-electron chi connectivity index (χ2n) is 4.82. The molecule has 2 nitrogen and oxygen atoms in total. The fraction of sp³-hybridized carbons (Fsp3) is 0.118. The average molecular weight is 318 g/mol. The first kappa shape index (κ1) is 14.8. The van der Waals surface area contributed by atoms with Crippen molar-refractivity contribution in [3.63, 3.8) is 0 Å². The molecule has 0 radical (unpaired) electrons. The zero-order chi connectivity index (χ0) is 15.7. The van der Waals surface area contributed by atoms with E-state index in [2.05, 4.69) is 0 Å². The Bertz CT molecular complexity index is 784. The van der Waals surface area contributed by atoms with Crippen molar-refractivity contribution in [2.45, 2.75) is 4.90 Å². The fourth-order valence-corrected chi connectivity index (χ4v) is 3.28. The SMILES string of the molecule is COc1ccc(C=C2CSc3ccc(F)cc3C2=O)cc1F. The molecule has 0 unspecified atom stereocenters. The fourth-order valence-electron chi connectivity index (χ4n) is 2.28. The molecule has 22 heavy (non-hydrogen) atoms. The van der Waals surface area contributed by atoms with Gasteiger partial charge in [0.25, 0.3) is 0 Å². The maximum atomic E-state index is 13.7. The van der Waals surface area contributed by atoms with Crippen LogP contribution in [0.3, 0.4) is 0 Å². The molecule has 1 aliphatic rings. The number of fused-ring (bicyclic) bond motifs is 1. The summed E-state index contributed by atoms with van der Waals surface area (Å²) in [5.41, 5.74) is 1.45. The molecule has 0 atom stereocenters. The molecule has 0 N–H and O–H groups in total. The van der Waals surface area contributed by atoms with Crippen LogP contribution in [-0.4, -0.2) is 18.6 Å². The number of Topliss-reactive ketones (excluding diaryl/α,β-unsaturated/α-hetero) is 1. The topological polar surface area (TPSA) is 26.3 Å². The predicted molar refractivity (Wildman–Crippen MR) is 82.4 cm³/mol. The molecule has 3 rings (SSSR count). The summed E-state index contributed by atoms with van der Waals surface area (Å²) in [4.78, 5) is 13.2. The van der Waals surface area contributed by atoms with E-state index in [-0.39, 0.29) is 11.5 Å². The summed E-state index contributed by atoms with van der Waals surface area (Å²) in [7, 11) is 1.39. The lowest BCUT2D eigenvalue weighted by molar-refractivity contribution is 0.103. The largest absolute Gasteiger partial charge is 0.494 e. The van der Waals surface area contributed by atoms with Crippen molar-refractivity contribution in [2.75, 3.05) is 12.9 Å². The Morgan fingerprint density at radius 1 is 1.18 bits per heavy atom. The van der Waals surface area contributed by atoms with Crippen LogP contribution >= 0.6 is 11.8 Å². The number of carbonyl (C=O) groups excluding carboxylic acids is 1. The number of rotatable bonds is 2. The van der Waals surface area contributed by atoms with Crippen LogP contribution in [0.15, 0.2) is 46.9 Å². The first-order valence-electron chi connectivity index (χ1n) is 6.59. The van der Waals surface area contributed by atoms with Crippen molar-refractivity contribution in [2.24, 2.45) is 0 Å². The van der Waals surface area contributed by atoms with Gasteiger partial charge in [0.1, 0.15) is 5.82 Å². The van der Waals surface area contributed by atoms with Crippen molar-refractivity contribution < 1.29 is 18.3 Å². The van der Waals surface area contributed by atoms with E-state index < -0.39 is 11.6 Å². The van der Waals surface area contributed by atoms with E-state index in [1.54, 1.807) is 18.2 Å². The Morgan fingerprint density at radius 3 is 2.73 bits per heavy atom. The van der Waals surface area contributed by atoms with Crippen molar-refractivity contribution in [1.82, 2.24) is 0 Å². The molecule has 0 saturated carbocycles. The van der Waals surface area contributed by atoms with Crippen molar-refractivity contribution in [1.29, 1.82) is 0 Å². The third-order valence-corrected chi connectivity index (χ3v) is 4.50. The zero-order valence-electron chi connectivity index (χ0n) is 11.7. The lowest BCUT2D eigenvalue weighted by Gasteiger charge is -2.17. The van der Waals surface area contributed by atoms with Crippen LogP contribution in [0.25, 0.3) is 6.08 Å². The Balaban J connectivity index is 1.96. The smallest absolute Gasteiger partial charge is 0.191 e. The van der Waals surface area contributed by atoms with Crippen LogP contribution < -0.4 is 4.74 Å². The number of hydrogen-bond acceptors (Lipinski definition) is 3. The van der Waals surface area contributed by atoms with Gasteiger partial charge in [-0.15, -0.1) is 11.8 Å². The Hall–Kier alpha value is -2.14. The first-order valence-corrected chi connectivity index (χ1v) is 7.58. The highest BCUT2D eigenvalue weighted by Crippen LogP contribution is 2.34. The van der Waals surface area contributed by atoms with Gasteiger partial charge >= 0.3 is 0 Å². The summed E-state index contributed by atoms with van der Waals surface area (Å²) in [5, 5.41) is 0. The molecule has 0 aromatic heterocycles. The number of ketones is 1. The molecule has 5 heteroatoms. The van der Waals surface area contributed by atoms with E-state index in [1.165, 1.54) is 43.1 Å². The van der Waals surface area contributed by atoms with Gasteiger partial charge < -0.3 is 4.74 Å². The molecule has 0 amide bonds. The highest BCUT2D eigenvalue weighted by Gasteiger charge is 2.23. The second-order valence-corrected chi connectivity index (χ2v) is 5.84. The normalized spacial score (nSPS) is 15.8. The van der Waals surface area contributed by atoms with Crippen LogP contribution in [0.2, 0.25) is 0 Å². The van der Waals surface area contributed by atoms with Gasteiger partial charge in [-0.25, -0.2) is 8.78 Å². The standard InChI is InChI=1S/C17H12F2O2S/c1-21-15-4-2-10(7-14(15)19)6-11-9-22-16-5-3-12(18)8-13(16)17(11)20/h2-8H,9H2,1H3. The lowest BCUT2D eigenvalue weighted by Crippen LogP contribution is -2.12. The van der Waals surface area contributed by atoms with E-state index in [0.717, 1.165) is 4.90 Å². The molecule has 0 saturated heterocycles. The number of thioether (sulfide) groups is 1. The highest BCUT2D eigenvalue weighted by molar-refractivity contribution is 7.99. The van der Waals surface area contributed by atoms with E-state index in [0.29, 0.717) is 22.5 Å². The molecule has 0 aliphatic carbocycles. The summed E-state index contributed by atoms with van der Waals surface area (Å²) in [6.07, 6.45) is 1.63. The van der Waals surface area contributed by atoms with Gasteiger partial charge in [0, 0.05) is 21.8 Å². The number of halogens is 2. The molecule has 2 aromatic carbocycles. The quantitative estimate of drug-likeness (QED) is 0.770. The van der Waals surface area contributed by atoms with Gasteiger partial charge in [-0.2, -0.15) is 0 Å². The number of carbonyl (C=O) groups is 1. The minimum absolute atomic E-state index is 0.152. The molecule has 0 spiro atoms. The Labute approximate surface area is 130 Å². The maximum absolute atomic E-state index is 13.7. The van der Waals surface area contributed by atoms with Gasteiger partial charge in [0.2, 0.25) is 0 Å². The van der Waals surface area contributed by atoms with Crippen molar-refractivity contribution >= 4 is 23.6 Å². The summed E-state index contributed by atoms with van der Waals surface area (Å²) in [6.45, 7) is 0. The number of benzene rings is 2. The van der Waals surface area contributed by atoms with Crippen LogP contribution in [0.5, 0.6) is 5.75 Å². The molecule has 0 fully saturated rings. The Morgan fingerprint density at radius 2 is 2.00 bits per heavy atom. The zero-order valence-corrected chi connectivity index (χ0v) is 12.5. The third-order valence-electron chi connectivity index (χ3n) is 3.38. The minimum Gasteiger partial charge on any atom is -0.494 e. The van der Waals surface area contributed by atoms with Crippen molar-refractivity contribution in [3.05, 3.63) is 64.7 Å². The molecule has 0 bridgehead atoms. The van der Waals surface area contributed by atoms with Gasteiger partial charge in [-0.1, -0.05) is 6.07 Å². The van der Waals surface area contributed by atoms with Crippen LogP contribution in [-0.2, 0) is 0 Å². The molecule has 1 aliphatic heterocycles. The summed E-state index contributed by atoms with van der Waals surface area (Å²) in [5.74, 6) is -0.516. The number of methoxy groups -OCH3 is 1. The third kappa shape index (κ3) is 2.76. The maximum Gasteiger partial charge on any atom is 0.191 e. The Kier molecular flexibility index (Phi) is 3.98. The molecule has 2 aromatic rings. The monoisotopic (exact) mass is 318 g/mol. The molecule has 1 heterocycles. The summed E-state index contributed by atoms with van der Waals surface area (Å²) >= 11 is 1.47. The van der Waals surface area contributed by atoms with E-state index in [9.17, 15) is 13.6 Å². The second kappa shape index (κ2) is 5.93. The molecule has 112 valence electrons. The number of ether oxygens (including phenoxy) is 1. The summed E-state index contributed by atoms with van der Waals surface area (Å²) < 4.78 is 31.9. The first-order chi connectivity index (χ1) is 10.6. The van der Waals surface area contributed by atoms with Crippen molar-refractivity contribution in [3.8, 4) is 5.75 Å². The lowest BCUT2D eigenvalue weighted by atomic mass is 10.0. The minimum atomic E-state index is -0.487. The van der Waals surface area contributed by atoms with Gasteiger partial charge in [0.05, 0.1) is 7.11 Å². The van der Waals surface area contributed by atoms with Crippen LogP contribution in [0.4, 0.5) is 8.78 Å². The highest BCUT2D eigenvalue weighted by atomic mass is 32.2. The van der Waals surface area contributed by atoms with Gasteiger partial charge in [-0.05, 0) is 42.0 Å². The molecular formula is C17H12F2O2S. The average Bonchev–Trinajstić information content (AvgIpc) is 2.51. The predicted octanol–water partition coefficient (Wildman–Crippen LogP) is 4.35. The van der Waals surface area contributed by atoms with E-state index in [4.69, 9.17) is 4.74 Å². The van der Waals surface area contributed by atoms with Crippen LogP contribution in [0, 0.1) is 11.6 Å². The molecular weight excluding hydrogens is 306 g/mol. The number of hydrogen-bond donors (Lipinski definition) is 0. The van der Waals surface area contributed by atoms with E-state index in [1.807, 2.05) is 0 Å². The van der Waals surface area contributed by atoms with Crippen LogP contribution in [0.1, 0.15) is 15.9 Å². The van der Waals surface area contributed by atoms with E-state index >= 15 is 0 Å². The summed E-state index contributed by atoms with van der Waals surface area (Å²) in [6, 6.07) is 8.69.